The van der Waals surface area contributed by atoms with Gasteiger partial charge in [-0.05, 0) is 51.8 Å². The summed E-state index contributed by atoms with van der Waals surface area (Å²) in [5.74, 6) is 0.770. The molecule has 3 heteroatoms. The highest BCUT2D eigenvalue weighted by atomic mass is 16.5. The molecule has 2 N–H and O–H groups in total. The van der Waals surface area contributed by atoms with Crippen molar-refractivity contribution in [1.29, 1.82) is 0 Å². The average Bonchev–Trinajstić information content (AvgIpc) is 2.39. The molecule has 1 saturated heterocycles. The zero-order chi connectivity index (χ0) is 13.9. The summed E-state index contributed by atoms with van der Waals surface area (Å²) in [5, 5.41) is 14.4. The number of methoxy groups -OCH3 is 1. The monoisotopic (exact) mass is 263 g/mol. The molecule has 106 valence electrons. The van der Waals surface area contributed by atoms with Gasteiger partial charge in [-0.1, -0.05) is 18.1 Å². The summed E-state index contributed by atoms with van der Waals surface area (Å²) >= 11 is 0. The molecule has 2 unspecified atom stereocenters. The van der Waals surface area contributed by atoms with Crippen molar-refractivity contribution < 1.29 is 9.84 Å². The van der Waals surface area contributed by atoms with Crippen molar-refractivity contribution in [3.05, 3.63) is 29.3 Å². The van der Waals surface area contributed by atoms with E-state index in [1.54, 1.807) is 7.11 Å². The summed E-state index contributed by atoms with van der Waals surface area (Å²) in [6.45, 7) is 4.99. The third-order valence-corrected chi connectivity index (χ3v) is 3.99. The first-order valence-corrected chi connectivity index (χ1v) is 7.14. The van der Waals surface area contributed by atoms with E-state index in [-0.39, 0.29) is 0 Å². The zero-order valence-electron chi connectivity index (χ0n) is 12.2. The van der Waals surface area contributed by atoms with Crippen LogP contribution in [0, 0.1) is 6.92 Å². The molecule has 2 atom stereocenters. The first-order valence-electron chi connectivity index (χ1n) is 7.14. The van der Waals surface area contributed by atoms with Crippen LogP contribution in [0.25, 0.3) is 0 Å². The second-order valence-electron chi connectivity index (χ2n) is 5.83. The number of aryl methyl sites for hydroxylation is 1. The first kappa shape index (κ1) is 14.4. The number of ether oxygens (including phenoxy) is 1. The Bertz CT molecular complexity index is 423. The van der Waals surface area contributed by atoms with Crippen LogP contribution >= 0.6 is 0 Å². The highest BCUT2D eigenvalue weighted by Crippen LogP contribution is 2.35. The van der Waals surface area contributed by atoms with E-state index in [1.807, 2.05) is 32.0 Å². The molecule has 1 fully saturated rings. The highest BCUT2D eigenvalue weighted by molar-refractivity contribution is 5.40. The minimum Gasteiger partial charge on any atom is -0.496 e. The van der Waals surface area contributed by atoms with Gasteiger partial charge in [0.15, 0.2) is 0 Å². The van der Waals surface area contributed by atoms with E-state index in [1.165, 1.54) is 12.8 Å². The van der Waals surface area contributed by atoms with Gasteiger partial charge in [0.2, 0.25) is 0 Å². The van der Waals surface area contributed by atoms with Gasteiger partial charge >= 0.3 is 0 Å². The van der Waals surface area contributed by atoms with Crippen molar-refractivity contribution in [2.45, 2.75) is 51.2 Å². The van der Waals surface area contributed by atoms with Crippen LogP contribution in [0.1, 0.15) is 43.7 Å². The minimum absolute atomic E-state index is 0.397. The number of hydrogen-bond donors (Lipinski definition) is 2. The van der Waals surface area contributed by atoms with Gasteiger partial charge in [-0.3, -0.25) is 0 Å². The summed E-state index contributed by atoms with van der Waals surface area (Å²) in [6.07, 6.45) is 4.36. The number of hydrogen-bond acceptors (Lipinski definition) is 3. The fourth-order valence-corrected chi connectivity index (χ4v) is 2.93. The molecule has 0 amide bonds. The maximum Gasteiger partial charge on any atom is 0.124 e. The number of benzene rings is 1. The lowest BCUT2D eigenvalue weighted by molar-refractivity contribution is 0.0309. The third-order valence-electron chi connectivity index (χ3n) is 3.99. The molecule has 0 saturated carbocycles. The lowest BCUT2D eigenvalue weighted by atomic mass is 9.85. The Balaban J connectivity index is 2.19. The zero-order valence-corrected chi connectivity index (χ0v) is 12.2. The molecule has 1 aliphatic rings. The molecular formula is C16H25NO2. The number of rotatable bonds is 4. The topological polar surface area (TPSA) is 41.5 Å². The SMILES string of the molecule is COc1ccc(C)cc1C(C)(O)CC1CCCCN1. The van der Waals surface area contributed by atoms with Gasteiger partial charge in [-0.15, -0.1) is 0 Å². The normalized spacial score (nSPS) is 22.8. The van der Waals surface area contributed by atoms with Crippen LogP contribution in [0.4, 0.5) is 0 Å². The summed E-state index contributed by atoms with van der Waals surface area (Å²) in [5.41, 5.74) is 1.18. The fraction of sp³-hybridized carbons (Fsp3) is 0.625. The highest BCUT2D eigenvalue weighted by Gasteiger charge is 2.30. The largest absolute Gasteiger partial charge is 0.496 e. The maximum atomic E-state index is 10.9. The van der Waals surface area contributed by atoms with Crippen LogP contribution in [-0.4, -0.2) is 24.8 Å². The molecule has 1 aliphatic heterocycles. The molecule has 1 aromatic rings. The van der Waals surface area contributed by atoms with E-state index >= 15 is 0 Å². The van der Waals surface area contributed by atoms with Crippen LogP contribution < -0.4 is 10.1 Å². The van der Waals surface area contributed by atoms with Crippen LogP contribution in [0.5, 0.6) is 5.75 Å². The molecule has 19 heavy (non-hydrogen) atoms. The fourth-order valence-electron chi connectivity index (χ4n) is 2.93. The van der Waals surface area contributed by atoms with Crippen LogP contribution in [0.3, 0.4) is 0 Å². The van der Waals surface area contributed by atoms with E-state index < -0.39 is 5.60 Å². The van der Waals surface area contributed by atoms with E-state index in [0.717, 1.165) is 36.3 Å². The van der Waals surface area contributed by atoms with Crippen molar-refractivity contribution in [2.75, 3.05) is 13.7 Å². The first-order chi connectivity index (χ1) is 9.03. The summed E-state index contributed by atoms with van der Waals surface area (Å²) in [7, 11) is 1.66. The van der Waals surface area contributed by atoms with E-state index in [4.69, 9.17) is 4.74 Å². The molecule has 0 spiro atoms. The molecular weight excluding hydrogens is 238 g/mol. The van der Waals surface area contributed by atoms with Crippen LogP contribution in [0.15, 0.2) is 18.2 Å². The van der Waals surface area contributed by atoms with Crippen molar-refractivity contribution in [3.8, 4) is 5.75 Å². The lowest BCUT2D eigenvalue weighted by Crippen LogP contribution is -2.39. The second kappa shape index (κ2) is 5.93. The molecule has 0 aliphatic carbocycles. The predicted octanol–water partition coefficient (Wildman–Crippen LogP) is 2.74. The number of aliphatic hydroxyl groups is 1. The summed E-state index contributed by atoms with van der Waals surface area (Å²) in [4.78, 5) is 0. The Kier molecular flexibility index (Phi) is 4.48. The van der Waals surface area contributed by atoms with Crippen LogP contribution in [0.2, 0.25) is 0 Å². The molecule has 0 radical (unpaired) electrons. The van der Waals surface area contributed by atoms with Gasteiger partial charge in [0, 0.05) is 11.6 Å². The average molecular weight is 263 g/mol. The predicted molar refractivity (Wildman–Crippen MR) is 77.6 cm³/mol. The molecule has 0 aromatic heterocycles. The third kappa shape index (κ3) is 3.48. The van der Waals surface area contributed by atoms with E-state index in [9.17, 15) is 5.11 Å². The Hall–Kier alpha value is -1.06. The van der Waals surface area contributed by atoms with E-state index in [0.29, 0.717) is 6.04 Å². The molecule has 1 aromatic carbocycles. The van der Waals surface area contributed by atoms with Crippen molar-refractivity contribution >= 4 is 0 Å². The van der Waals surface area contributed by atoms with Gasteiger partial charge < -0.3 is 15.2 Å². The Morgan fingerprint density at radius 3 is 2.84 bits per heavy atom. The standard InChI is InChI=1S/C16H25NO2/c1-12-7-8-15(19-3)14(10-12)16(2,18)11-13-6-4-5-9-17-13/h7-8,10,13,17-18H,4-6,9,11H2,1-3H3. The molecule has 2 rings (SSSR count). The molecule has 0 bridgehead atoms. The van der Waals surface area contributed by atoms with Gasteiger partial charge in [-0.25, -0.2) is 0 Å². The number of nitrogens with one attached hydrogen (secondary N) is 1. The van der Waals surface area contributed by atoms with Crippen LogP contribution in [-0.2, 0) is 5.60 Å². The smallest absolute Gasteiger partial charge is 0.124 e. The van der Waals surface area contributed by atoms with Crippen molar-refractivity contribution in [2.24, 2.45) is 0 Å². The minimum atomic E-state index is -0.855. The van der Waals surface area contributed by atoms with Crippen molar-refractivity contribution in [3.63, 3.8) is 0 Å². The Morgan fingerprint density at radius 2 is 2.21 bits per heavy atom. The summed E-state index contributed by atoms with van der Waals surface area (Å²) in [6, 6.07) is 6.38. The van der Waals surface area contributed by atoms with E-state index in [2.05, 4.69) is 5.32 Å². The van der Waals surface area contributed by atoms with Gasteiger partial charge in [0.1, 0.15) is 5.75 Å². The molecule has 1 heterocycles. The maximum absolute atomic E-state index is 10.9. The van der Waals surface area contributed by atoms with Gasteiger partial charge in [0.05, 0.1) is 12.7 Å². The lowest BCUT2D eigenvalue weighted by Gasteiger charge is -2.32. The Morgan fingerprint density at radius 1 is 1.42 bits per heavy atom. The number of piperidine rings is 1. The molecule has 3 nitrogen and oxygen atoms in total. The quantitative estimate of drug-likeness (QED) is 0.877. The van der Waals surface area contributed by atoms with Crippen molar-refractivity contribution in [1.82, 2.24) is 5.32 Å². The van der Waals surface area contributed by atoms with Gasteiger partial charge in [-0.2, -0.15) is 0 Å². The summed E-state index contributed by atoms with van der Waals surface area (Å²) < 4.78 is 5.40. The van der Waals surface area contributed by atoms with Gasteiger partial charge in [0.25, 0.3) is 0 Å². The Labute approximate surface area is 116 Å². The second-order valence-corrected chi connectivity index (χ2v) is 5.83.